The average molecular weight is 706 g/mol. The molecular weight excluding hydrogens is 663 g/mol. The highest BCUT2D eigenvalue weighted by Gasteiger charge is 2.47. The molecule has 4 amide bonds. The van der Waals surface area contributed by atoms with Crippen LogP contribution in [0.15, 0.2) is 77.5 Å². The first kappa shape index (κ1) is 34.6. The minimum atomic E-state index is -0.631. The Labute approximate surface area is 303 Å². The van der Waals surface area contributed by atoms with Crippen LogP contribution in [-0.2, 0) is 9.59 Å². The van der Waals surface area contributed by atoms with Gasteiger partial charge in [-0.1, -0.05) is 36.4 Å². The molecule has 2 aromatic carbocycles. The molecular formula is C39H43N7O4S. The van der Waals surface area contributed by atoms with Gasteiger partial charge in [0.1, 0.15) is 33.4 Å². The number of carbonyl (C=O) groups excluding carboxylic acids is 3. The third-order valence-electron chi connectivity index (χ3n) is 10.2. The fraction of sp³-hybridized carbons (Fsp3) is 0.410. The number of piperidine rings is 2. The van der Waals surface area contributed by atoms with E-state index in [4.69, 9.17) is 4.74 Å². The number of nitrogens with zero attached hydrogens (tertiary/aromatic N) is 5. The molecule has 7 rings (SSSR count). The molecule has 264 valence electrons. The standard InChI is InChI=1S/C39H43N7O4S/c1-25-21-29(50-28-12-6-4-7-13-28)14-15-30(25)46-31-16-17-41-36-32(31)33(43-38(46)49)34(51-36)35(47)42-27-11-10-18-44(24-27)37(48)26(23-40)22-39(2,3)45-19-8-5-9-20-45/h4,6-7,12-17,21-22,27,33-34H,5,8-11,18-20,24H2,1-3H3,(H,42,47)(H,43,49)/b26-22+/t27?,33?,34-/m1/s1. The van der Waals surface area contributed by atoms with E-state index in [1.807, 2.05) is 67.6 Å². The van der Waals surface area contributed by atoms with E-state index in [0.717, 1.165) is 42.8 Å². The van der Waals surface area contributed by atoms with Crippen LogP contribution in [-0.4, -0.2) is 75.6 Å². The predicted molar refractivity (Wildman–Crippen MR) is 196 cm³/mol. The second-order valence-electron chi connectivity index (χ2n) is 14.2. The first-order valence-electron chi connectivity index (χ1n) is 17.7. The van der Waals surface area contributed by atoms with E-state index >= 15 is 0 Å². The summed E-state index contributed by atoms with van der Waals surface area (Å²) in [5, 5.41) is 16.3. The second-order valence-corrected chi connectivity index (χ2v) is 15.3. The van der Waals surface area contributed by atoms with Crippen LogP contribution >= 0.6 is 11.8 Å². The van der Waals surface area contributed by atoms with Gasteiger partial charge >= 0.3 is 6.03 Å². The van der Waals surface area contributed by atoms with E-state index in [1.54, 1.807) is 16.0 Å². The van der Waals surface area contributed by atoms with Gasteiger partial charge in [0.2, 0.25) is 5.91 Å². The zero-order chi connectivity index (χ0) is 35.7. The van der Waals surface area contributed by atoms with Crippen molar-refractivity contribution >= 4 is 41.0 Å². The first-order valence-corrected chi connectivity index (χ1v) is 18.6. The lowest BCUT2D eigenvalue weighted by atomic mass is 9.95. The van der Waals surface area contributed by atoms with E-state index < -0.39 is 16.8 Å². The molecule has 1 aromatic heterocycles. The number of nitriles is 1. The minimum Gasteiger partial charge on any atom is -0.457 e. The van der Waals surface area contributed by atoms with Crippen molar-refractivity contribution in [1.29, 1.82) is 5.26 Å². The summed E-state index contributed by atoms with van der Waals surface area (Å²) >= 11 is 1.34. The van der Waals surface area contributed by atoms with Crippen LogP contribution in [0.5, 0.6) is 11.5 Å². The number of hydrogen-bond acceptors (Lipinski definition) is 8. The number of pyridine rings is 1. The number of rotatable bonds is 8. The zero-order valence-corrected chi connectivity index (χ0v) is 30.0. The number of urea groups is 1. The van der Waals surface area contributed by atoms with Gasteiger partial charge in [-0.05, 0) is 108 Å². The molecule has 0 aliphatic carbocycles. The van der Waals surface area contributed by atoms with Crippen LogP contribution in [0.1, 0.15) is 63.1 Å². The number of anilines is 2. The fourth-order valence-electron chi connectivity index (χ4n) is 7.62. The van der Waals surface area contributed by atoms with Crippen molar-refractivity contribution in [2.75, 3.05) is 31.1 Å². The lowest BCUT2D eigenvalue weighted by Crippen LogP contribution is -2.54. The molecule has 2 N–H and O–H groups in total. The van der Waals surface area contributed by atoms with Gasteiger partial charge in [-0.15, -0.1) is 0 Å². The largest absolute Gasteiger partial charge is 0.457 e. The molecule has 3 atom stereocenters. The number of carbonyl (C=O) groups is 3. The topological polar surface area (TPSA) is 131 Å². The van der Waals surface area contributed by atoms with Crippen molar-refractivity contribution in [3.8, 4) is 17.6 Å². The molecule has 0 saturated carbocycles. The van der Waals surface area contributed by atoms with Crippen LogP contribution in [0.4, 0.5) is 16.2 Å². The number of likely N-dealkylation sites (tertiary alicyclic amines) is 2. The van der Waals surface area contributed by atoms with E-state index in [9.17, 15) is 19.6 Å². The molecule has 4 aliphatic rings. The van der Waals surface area contributed by atoms with Gasteiger partial charge in [0.25, 0.3) is 5.91 Å². The molecule has 4 aliphatic heterocycles. The SMILES string of the molecule is Cc1cc(Oc2ccccc2)ccc1N1C(=O)NC2c3c1ccnc3S[C@H]2C(=O)NC1CCCN(C(=O)/C(C#N)=C/C(C)(C)N2CCCCC2)C1. The molecule has 5 heterocycles. The Morgan fingerprint density at radius 1 is 1.04 bits per heavy atom. The third kappa shape index (κ3) is 7.05. The van der Waals surface area contributed by atoms with Crippen LogP contribution in [0.2, 0.25) is 0 Å². The molecule has 0 spiro atoms. The highest BCUT2D eigenvalue weighted by Crippen LogP contribution is 2.51. The van der Waals surface area contributed by atoms with Crippen molar-refractivity contribution in [3.05, 3.63) is 83.6 Å². The van der Waals surface area contributed by atoms with Gasteiger partial charge in [-0.25, -0.2) is 9.78 Å². The molecule has 2 fully saturated rings. The predicted octanol–water partition coefficient (Wildman–Crippen LogP) is 6.38. The van der Waals surface area contributed by atoms with Gasteiger partial charge in [-0.3, -0.25) is 19.4 Å². The molecule has 3 aromatic rings. The number of aromatic nitrogens is 1. The summed E-state index contributed by atoms with van der Waals surface area (Å²) in [6.45, 7) is 8.79. The van der Waals surface area contributed by atoms with Crippen molar-refractivity contribution in [2.24, 2.45) is 0 Å². The summed E-state index contributed by atoms with van der Waals surface area (Å²) in [6.07, 6.45) is 8.33. The maximum atomic E-state index is 13.9. The van der Waals surface area contributed by atoms with Gasteiger partial charge in [-0.2, -0.15) is 5.26 Å². The Balaban J connectivity index is 1.04. The summed E-state index contributed by atoms with van der Waals surface area (Å²) in [4.78, 5) is 51.5. The first-order chi connectivity index (χ1) is 24.6. The Hall–Kier alpha value is -4.86. The quantitative estimate of drug-likeness (QED) is 0.204. The smallest absolute Gasteiger partial charge is 0.327 e. The van der Waals surface area contributed by atoms with E-state index in [-0.39, 0.29) is 29.5 Å². The molecule has 0 radical (unpaired) electrons. The highest BCUT2D eigenvalue weighted by molar-refractivity contribution is 8.01. The average Bonchev–Trinajstić information content (AvgIpc) is 3.51. The van der Waals surface area contributed by atoms with Crippen molar-refractivity contribution in [1.82, 2.24) is 25.4 Å². The number of aryl methyl sites for hydroxylation is 1. The maximum absolute atomic E-state index is 13.9. The fourth-order valence-corrected chi connectivity index (χ4v) is 8.86. The number of amides is 4. The number of benzene rings is 2. The molecule has 51 heavy (non-hydrogen) atoms. The van der Waals surface area contributed by atoms with Gasteiger partial charge < -0.3 is 20.3 Å². The Morgan fingerprint density at radius 2 is 1.82 bits per heavy atom. The number of ether oxygens (including phenoxy) is 1. The minimum absolute atomic E-state index is 0.140. The molecule has 12 heteroatoms. The van der Waals surface area contributed by atoms with Gasteiger partial charge in [0.15, 0.2) is 0 Å². The summed E-state index contributed by atoms with van der Waals surface area (Å²) in [6, 6.07) is 17.9. The lowest BCUT2D eigenvalue weighted by Gasteiger charge is -2.39. The van der Waals surface area contributed by atoms with Crippen molar-refractivity contribution < 1.29 is 19.1 Å². The Morgan fingerprint density at radius 3 is 2.57 bits per heavy atom. The van der Waals surface area contributed by atoms with Gasteiger partial charge in [0, 0.05) is 36.4 Å². The molecule has 2 saturated heterocycles. The maximum Gasteiger partial charge on any atom is 0.327 e. The second kappa shape index (κ2) is 14.4. The molecule has 2 unspecified atom stereocenters. The number of thioether (sulfide) groups is 1. The van der Waals surface area contributed by atoms with E-state index in [0.29, 0.717) is 48.1 Å². The summed E-state index contributed by atoms with van der Waals surface area (Å²) < 4.78 is 6.01. The molecule has 0 bridgehead atoms. The zero-order valence-electron chi connectivity index (χ0n) is 29.2. The number of para-hydroxylation sites is 1. The van der Waals surface area contributed by atoms with Crippen LogP contribution in [0.25, 0.3) is 0 Å². The summed E-state index contributed by atoms with van der Waals surface area (Å²) in [5.74, 6) is 0.865. The Kier molecular flexibility index (Phi) is 9.77. The van der Waals surface area contributed by atoms with E-state index in [2.05, 4.69) is 40.4 Å². The number of hydrogen-bond donors (Lipinski definition) is 2. The van der Waals surface area contributed by atoms with Crippen molar-refractivity contribution in [2.45, 2.75) is 80.8 Å². The lowest BCUT2D eigenvalue weighted by molar-refractivity contribution is -0.129. The third-order valence-corrected chi connectivity index (χ3v) is 11.5. The summed E-state index contributed by atoms with van der Waals surface area (Å²) in [7, 11) is 0. The number of nitrogens with one attached hydrogen (secondary N) is 2. The van der Waals surface area contributed by atoms with E-state index in [1.165, 1.54) is 18.2 Å². The Bertz CT molecular complexity index is 1900. The molecule has 11 nitrogen and oxygen atoms in total. The summed E-state index contributed by atoms with van der Waals surface area (Å²) in [5.41, 5.74) is 2.78. The normalized spacial score (nSPS) is 22.1. The van der Waals surface area contributed by atoms with Crippen LogP contribution < -0.4 is 20.3 Å². The van der Waals surface area contributed by atoms with Crippen molar-refractivity contribution in [3.63, 3.8) is 0 Å². The highest BCUT2D eigenvalue weighted by atomic mass is 32.2. The van der Waals surface area contributed by atoms with Crippen LogP contribution in [0, 0.1) is 18.3 Å². The van der Waals surface area contributed by atoms with Gasteiger partial charge in [0.05, 0.1) is 17.4 Å². The monoisotopic (exact) mass is 705 g/mol. The van der Waals surface area contributed by atoms with Crippen LogP contribution in [0.3, 0.4) is 0 Å².